The molecule has 0 unspecified atom stereocenters. The van der Waals surface area contributed by atoms with Crippen LogP contribution in [0.15, 0.2) is 66.7 Å². The lowest BCUT2D eigenvalue weighted by Crippen LogP contribution is -2.30. The van der Waals surface area contributed by atoms with Gasteiger partial charge in [0, 0.05) is 17.3 Å². The van der Waals surface area contributed by atoms with Crippen LogP contribution in [0.3, 0.4) is 0 Å². The fourth-order valence-corrected chi connectivity index (χ4v) is 4.56. The standard InChI is InChI=1S/C24H23NO3/c26-24-15-6-5-13-22(24)23(16-25(27)28)21-12-4-3-11-20(21)19-14-7-9-17-8-1-2-10-18(17)19/h1-4,7-12,14,22-23H,5-6,13,15-16H2/t22-,23-/m0/s1. The molecule has 142 valence electrons. The number of benzene rings is 3. The number of carbonyl (C=O) groups excluding carboxylic acids is 1. The maximum atomic E-state index is 12.6. The number of carbonyl (C=O) groups is 1. The molecule has 3 aromatic rings. The molecule has 2 atom stereocenters. The summed E-state index contributed by atoms with van der Waals surface area (Å²) in [5, 5.41) is 13.7. The third-order valence-corrected chi connectivity index (χ3v) is 5.87. The Balaban J connectivity index is 1.87. The molecule has 0 aromatic heterocycles. The molecule has 0 spiro atoms. The molecule has 0 radical (unpaired) electrons. The van der Waals surface area contributed by atoms with E-state index >= 15 is 0 Å². The van der Waals surface area contributed by atoms with Crippen molar-refractivity contribution in [1.29, 1.82) is 0 Å². The lowest BCUT2D eigenvalue weighted by atomic mass is 9.74. The van der Waals surface area contributed by atoms with E-state index in [9.17, 15) is 14.9 Å². The van der Waals surface area contributed by atoms with Crippen LogP contribution in [0.1, 0.15) is 37.2 Å². The van der Waals surface area contributed by atoms with Crippen molar-refractivity contribution in [3.63, 3.8) is 0 Å². The molecule has 0 amide bonds. The highest BCUT2D eigenvalue weighted by molar-refractivity contribution is 5.97. The lowest BCUT2D eigenvalue weighted by molar-refractivity contribution is -0.484. The van der Waals surface area contributed by atoms with Crippen molar-refractivity contribution in [3.8, 4) is 11.1 Å². The second kappa shape index (κ2) is 7.93. The zero-order valence-corrected chi connectivity index (χ0v) is 15.7. The van der Waals surface area contributed by atoms with Crippen molar-refractivity contribution in [2.24, 2.45) is 5.92 Å². The van der Waals surface area contributed by atoms with Crippen LogP contribution in [-0.2, 0) is 4.79 Å². The highest BCUT2D eigenvalue weighted by Crippen LogP contribution is 2.40. The van der Waals surface area contributed by atoms with E-state index in [0.29, 0.717) is 6.42 Å². The Morgan fingerprint density at radius 2 is 1.64 bits per heavy atom. The number of ketones is 1. The first-order valence-corrected chi connectivity index (χ1v) is 9.86. The fourth-order valence-electron chi connectivity index (χ4n) is 4.56. The van der Waals surface area contributed by atoms with Crippen LogP contribution in [0.5, 0.6) is 0 Å². The van der Waals surface area contributed by atoms with Crippen molar-refractivity contribution < 1.29 is 9.72 Å². The van der Waals surface area contributed by atoms with Gasteiger partial charge in [-0.2, -0.15) is 0 Å². The van der Waals surface area contributed by atoms with Gasteiger partial charge < -0.3 is 0 Å². The van der Waals surface area contributed by atoms with Gasteiger partial charge in [0.25, 0.3) is 0 Å². The Morgan fingerprint density at radius 3 is 2.46 bits per heavy atom. The summed E-state index contributed by atoms with van der Waals surface area (Å²) >= 11 is 0. The quantitative estimate of drug-likeness (QED) is 0.430. The molecule has 0 bridgehead atoms. The molecule has 4 rings (SSSR count). The van der Waals surface area contributed by atoms with Crippen molar-refractivity contribution in [2.45, 2.75) is 31.6 Å². The Morgan fingerprint density at radius 1 is 0.929 bits per heavy atom. The number of hydrogen-bond donors (Lipinski definition) is 0. The van der Waals surface area contributed by atoms with E-state index in [-0.39, 0.29) is 23.2 Å². The summed E-state index contributed by atoms with van der Waals surface area (Å²) in [7, 11) is 0. The van der Waals surface area contributed by atoms with E-state index in [4.69, 9.17) is 0 Å². The summed E-state index contributed by atoms with van der Waals surface area (Å²) < 4.78 is 0. The van der Waals surface area contributed by atoms with Gasteiger partial charge in [0.05, 0.1) is 5.92 Å². The SMILES string of the molecule is O=C1CCCC[C@H]1[C@@H](C[N+](=O)[O-])c1ccccc1-c1cccc2ccccc12. The monoisotopic (exact) mass is 373 g/mol. The number of Topliss-reactive ketones (excluding diaryl/α,β-unsaturated/α-hetero) is 1. The van der Waals surface area contributed by atoms with Gasteiger partial charge in [-0.05, 0) is 40.3 Å². The van der Waals surface area contributed by atoms with Crippen molar-refractivity contribution in [1.82, 2.24) is 0 Å². The molecule has 1 aliphatic rings. The van der Waals surface area contributed by atoms with E-state index in [1.807, 2.05) is 42.5 Å². The zero-order chi connectivity index (χ0) is 19.5. The second-order valence-corrected chi connectivity index (χ2v) is 7.55. The molecule has 1 aliphatic carbocycles. The summed E-state index contributed by atoms with van der Waals surface area (Å²) in [6.07, 6.45) is 3.13. The third kappa shape index (κ3) is 3.55. The lowest BCUT2D eigenvalue weighted by Gasteiger charge is -2.28. The largest absolute Gasteiger partial charge is 0.299 e. The van der Waals surface area contributed by atoms with Gasteiger partial charge in [-0.3, -0.25) is 14.9 Å². The minimum absolute atomic E-state index is 0.172. The van der Waals surface area contributed by atoms with Gasteiger partial charge in [0.15, 0.2) is 0 Å². The topological polar surface area (TPSA) is 60.2 Å². The molecule has 0 saturated heterocycles. The number of nitrogens with zero attached hydrogens (tertiary/aromatic N) is 1. The van der Waals surface area contributed by atoms with Crippen LogP contribution in [0.25, 0.3) is 21.9 Å². The van der Waals surface area contributed by atoms with Gasteiger partial charge in [-0.1, -0.05) is 73.2 Å². The molecule has 28 heavy (non-hydrogen) atoms. The molecule has 1 fully saturated rings. The van der Waals surface area contributed by atoms with E-state index in [1.165, 1.54) is 0 Å². The van der Waals surface area contributed by atoms with Crippen LogP contribution < -0.4 is 0 Å². The highest BCUT2D eigenvalue weighted by Gasteiger charge is 2.35. The van der Waals surface area contributed by atoms with Crippen LogP contribution >= 0.6 is 0 Å². The van der Waals surface area contributed by atoms with Gasteiger partial charge in [-0.25, -0.2) is 0 Å². The first-order chi connectivity index (χ1) is 13.6. The van der Waals surface area contributed by atoms with Gasteiger partial charge >= 0.3 is 0 Å². The Bertz CT molecular complexity index is 1020. The van der Waals surface area contributed by atoms with Gasteiger partial charge in [-0.15, -0.1) is 0 Å². The minimum Gasteiger partial charge on any atom is -0.299 e. The average molecular weight is 373 g/mol. The molecule has 1 saturated carbocycles. The molecule has 4 heteroatoms. The fraction of sp³-hybridized carbons (Fsp3) is 0.292. The number of nitro groups is 1. The van der Waals surface area contributed by atoms with Crippen molar-refractivity contribution >= 4 is 16.6 Å². The minimum atomic E-state index is -0.391. The molecule has 0 N–H and O–H groups in total. The van der Waals surface area contributed by atoms with Crippen LogP contribution in [-0.4, -0.2) is 17.3 Å². The van der Waals surface area contributed by atoms with E-state index in [2.05, 4.69) is 24.3 Å². The number of fused-ring (bicyclic) bond motifs is 1. The predicted octanol–water partition coefficient (Wildman–Crippen LogP) is 5.63. The average Bonchev–Trinajstić information content (AvgIpc) is 2.72. The third-order valence-electron chi connectivity index (χ3n) is 5.87. The Hall–Kier alpha value is -3.01. The second-order valence-electron chi connectivity index (χ2n) is 7.55. The summed E-state index contributed by atoms with van der Waals surface area (Å²) in [6.45, 7) is -0.210. The van der Waals surface area contributed by atoms with E-state index in [0.717, 1.165) is 46.7 Å². The Labute approximate surface area is 164 Å². The van der Waals surface area contributed by atoms with E-state index in [1.54, 1.807) is 0 Å². The van der Waals surface area contributed by atoms with Crippen molar-refractivity contribution in [3.05, 3.63) is 82.4 Å². The molecular formula is C24H23NO3. The first-order valence-electron chi connectivity index (χ1n) is 9.86. The Kier molecular flexibility index (Phi) is 5.20. The van der Waals surface area contributed by atoms with Crippen LogP contribution in [0.2, 0.25) is 0 Å². The maximum Gasteiger partial charge on any atom is 0.211 e. The summed E-state index contributed by atoms with van der Waals surface area (Å²) in [4.78, 5) is 23.8. The summed E-state index contributed by atoms with van der Waals surface area (Å²) in [5.41, 5.74) is 2.96. The molecular weight excluding hydrogens is 350 g/mol. The van der Waals surface area contributed by atoms with E-state index < -0.39 is 5.92 Å². The smallest absolute Gasteiger partial charge is 0.211 e. The van der Waals surface area contributed by atoms with Gasteiger partial charge in [0.2, 0.25) is 6.54 Å². The zero-order valence-electron chi connectivity index (χ0n) is 15.7. The number of rotatable bonds is 5. The van der Waals surface area contributed by atoms with Crippen LogP contribution in [0.4, 0.5) is 0 Å². The molecule has 4 nitrogen and oxygen atoms in total. The highest BCUT2D eigenvalue weighted by atomic mass is 16.6. The molecule has 3 aromatic carbocycles. The predicted molar refractivity (Wildman–Crippen MR) is 111 cm³/mol. The van der Waals surface area contributed by atoms with Gasteiger partial charge in [0.1, 0.15) is 5.78 Å². The van der Waals surface area contributed by atoms with Crippen LogP contribution in [0, 0.1) is 16.0 Å². The summed E-state index contributed by atoms with van der Waals surface area (Å²) in [6, 6.07) is 22.2. The number of hydrogen-bond acceptors (Lipinski definition) is 3. The molecule has 0 heterocycles. The summed E-state index contributed by atoms with van der Waals surface area (Å²) in [5.74, 6) is -0.487. The maximum absolute atomic E-state index is 12.6. The van der Waals surface area contributed by atoms with Crippen molar-refractivity contribution in [2.75, 3.05) is 6.54 Å². The normalized spacial score (nSPS) is 18.1. The molecule has 0 aliphatic heterocycles. The first kappa shape index (κ1) is 18.4.